The molecule has 5 heteroatoms. The largest absolute Gasteiger partial charge is 0.368 e. The lowest BCUT2D eigenvalue weighted by molar-refractivity contribution is 1.15. The first-order valence-corrected chi connectivity index (χ1v) is 6.44. The molecule has 18 heavy (non-hydrogen) atoms. The quantitative estimate of drug-likeness (QED) is 0.738. The van der Waals surface area contributed by atoms with Gasteiger partial charge in [-0.15, -0.1) is 11.3 Å². The molecule has 0 aliphatic rings. The molecule has 0 bridgehead atoms. The van der Waals surface area contributed by atoms with Crippen molar-refractivity contribution in [1.82, 2.24) is 9.97 Å². The maximum absolute atomic E-state index is 5.59. The third-order valence-corrected chi connectivity index (χ3v) is 3.60. The normalized spacial score (nSPS) is 10.7. The molecule has 3 aromatic rings. The molecule has 1 aromatic carbocycles. The van der Waals surface area contributed by atoms with Crippen molar-refractivity contribution in [3.63, 3.8) is 0 Å². The van der Waals surface area contributed by atoms with Crippen LogP contribution >= 0.6 is 11.3 Å². The molecule has 2 aromatic heterocycles. The van der Waals surface area contributed by atoms with Crippen LogP contribution in [0.15, 0.2) is 35.8 Å². The lowest BCUT2D eigenvalue weighted by atomic mass is 10.2. The Kier molecular flexibility index (Phi) is 2.60. The van der Waals surface area contributed by atoms with Crippen molar-refractivity contribution in [2.24, 2.45) is 0 Å². The minimum atomic E-state index is 0.278. The first-order valence-electron chi connectivity index (χ1n) is 5.56. The number of aromatic nitrogens is 2. The Morgan fingerprint density at radius 1 is 1.28 bits per heavy atom. The Labute approximate surface area is 109 Å². The van der Waals surface area contributed by atoms with Crippen LogP contribution < -0.4 is 11.1 Å². The van der Waals surface area contributed by atoms with E-state index >= 15 is 0 Å². The maximum atomic E-state index is 5.59. The van der Waals surface area contributed by atoms with E-state index in [-0.39, 0.29) is 5.95 Å². The summed E-state index contributed by atoms with van der Waals surface area (Å²) in [6, 6.07) is 8.34. The van der Waals surface area contributed by atoms with Crippen LogP contribution in [0.5, 0.6) is 0 Å². The summed E-state index contributed by atoms with van der Waals surface area (Å²) in [5.74, 6) is 1.02. The van der Waals surface area contributed by atoms with E-state index in [0.29, 0.717) is 0 Å². The zero-order valence-electron chi connectivity index (χ0n) is 9.84. The van der Waals surface area contributed by atoms with Crippen molar-refractivity contribution < 1.29 is 0 Å². The highest BCUT2D eigenvalue weighted by Crippen LogP contribution is 2.26. The predicted molar refractivity (Wildman–Crippen MR) is 76.3 cm³/mol. The van der Waals surface area contributed by atoms with Crippen molar-refractivity contribution in [3.05, 3.63) is 41.4 Å². The minimum Gasteiger partial charge on any atom is -0.368 e. The van der Waals surface area contributed by atoms with E-state index < -0.39 is 0 Å². The molecule has 0 aliphatic carbocycles. The van der Waals surface area contributed by atoms with Crippen LogP contribution in [0.25, 0.3) is 10.1 Å². The summed E-state index contributed by atoms with van der Waals surface area (Å²) in [7, 11) is 0. The number of nitrogens with zero attached hydrogens (tertiary/aromatic N) is 2. The van der Waals surface area contributed by atoms with Crippen LogP contribution in [0.3, 0.4) is 0 Å². The topological polar surface area (TPSA) is 63.8 Å². The second kappa shape index (κ2) is 4.27. The Balaban J connectivity index is 1.97. The lowest BCUT2D eigenvalue weighted by Gasteiger charge is -2.08. The predicted octanol–water partition coefficient (Wildman–Crippen LogP) is 3.33. The van der Waals surface area contributed by atoms with Gasteiger partial charge in [-0.05, 0) is 42.0 Å². The highest BCUT2D eigenvalue weighted by molar-refractivity contribution is 7.17. The minimum absolute atomic E-state index is 0.278. The fraction of sp³-hybridized carbons (Fsp3) is 0.0769. The zero-order chi connectivity index (χ0) is 12.5. The van der Waals surface area contributed by atoms with Gasteiger partial charge in [-0.1, -0.05) is 0 Å². The smallest absolute Gasteiger partial charge is 0.221 e. The molecular formula is C13H12N4S. The van der Waals surface area contributed by atoms with Crippen molar-refractivity contribution in [2.45, 2.75) is 6.92 Å². The number of aryl methyl sites for hydroxylation is 1. The zero-order valence-corrected chi connectivity index (χ0v) is 10.7. The molecular weight excluding hydrogens is 244 g/mol. The molecule has 4 nitrogen and oxygen atoms in total. The number of nitrogens with one attached hydrogen (secondary N) is 1. The molecule has 0 spiro atoms. The number of anilines is 3. The summed E-state index contributed by atoms with van der Waals surface area (Å²) in [5, 5.41) is 6.58. The standard InChI is InChI=1S/C13H12N4S/c1-8-7-15-13(14)17-12(8)16-10-2-3-11-9(6-10)4-5-18-11/h2-7H,1H3,(H3,14,15,16,17). The van der Waals surface area contributed by atoms with Gasteiger partial charge in [-0.25, -0.2) is 4.98 Å². The van der Waals surface area contributed by atoms with Gasteiger partial charge in [0, 0.05) is 22.1 Å². The molecule has 3 rings (SSSR count). The number of fused-ring (bicyclic) bond motifs is 1. The Morgan fingerprint density at radius 2 is 2.17 bits per heavy atom. The van der Waals surface area contributed by atoms with Gasteiger partial charge < -0.3 is 11.1 Å². The lowest BCUT2D eigenvalue weighted by Crippen LogP contribution is -2.01. The highest BCUT2D eigenvalue weighted by Gasteiger charge is 2.03. The second-order valence-corrected chi connectivity index (χ2v) is 5.01. The Morgan fingerprint density at radius 3 is 3.06 bits per heavy atom. The summed E-state index contributed by atoms with van der Waals surface area (Å²) in [6.07, 6.45) is 1.72. The first-order chi connectivity index (χ1) is 8.72. The van der Waals surface area contributed by atoms with E-state index in [9.17, 15) is 0 Å². The molecule has 2 heterocycles. The van der Waals surface area contributed by atoms with Gasteiger partial charge >= 0.3 is 0 Å². The first kappa shape index (κ1) is 11.0. The summed E-state index contributed by atoms with van der Waals surface area (Å²) >= 11 is 1.73. The Bertz CT molecular complexity index is 705. The number of thiophene rings is 1. The van der Waals surface area contributed by atoms with Crippen molar-refractivity contribution in [2.75, 3.05) is 11.1 Å². The van der Waals surface area contributed by atoms with Gasteiger partial charge in [0.05, 0.1) is 0 Å². The second-order valence-electron chi connectivity index (χ2n) is 4.06. The summed E-state index contributed by atoms with van der Waals surface area (Å²) in [6.45, 7) is 1.95. The number of rotatable bonds is 2. The number of hydrogen-bond acceptors (Lipinski definition) is 5. The van der Waals surface area contributed by atoms with Crippen molar-refractivity contribution in [1.29, 1.82) is 0 Å². The molecule has 0 atom stereocenters. The molecule has 0 amide bonds. The van der Waals surface area contributed by atoms with Crippen LogP contribution in [0.4, 0.5) is 17.5 Å². The van der Waals surface area contributed by atoms with E-state index in [4.69, 9.17) is 5.73 Å². The third-order valence-electron chi connectivity index (χ3n) is 2.71. The van der Waals surface area contributed by atoms with Gasteiger partial charge in [0.1, 0.15) is 5.82 Å². The molecule has 0 aliphatic heterocycles. The van der Waals surface area contributed by atoms with Crippen LogP contribution in [-0.4, -0.2) is 9.97 Å². The molecule has 0 radical (unpaired) electrons. The van der Waals surface area contributed by atoms with E-state index in [1.807, 2.05) is 13.0 Å². The molecule has 0 saturated heterocycles. The van der Waals surface area contributed by atoms with Gasteiger partial charge in [0.15, 0.2) is 0 Å². The average molecular weight is 256 g/mol. The number of nitrogens with two attached hydrogens (primary N) is 1. The fourth-order valence-electron chi connectivity index (χ4n) is 1.76. The van der Waals surface area contributed by atoms with Crippen LogP contribution in [0.1, 0.15) is 5.56 Å². The highest BCUT2D eigenvalue weighted by atomic mass is 32.1. The van der Waals surface area contributed by atoms with E-state index in [0.717, 1.165) is 17.1 Å². The molecule has 0 saturated carbocycles. The summed E-state index contributed by atoms with van der Waals surface area (Å²) < 4.78 is 1.28. The summed E-state index contributed by atoms with van der Waals surface area (Å²) in [5.41, 5.74) is 7.56. The van der Waals surface area contributed by atoms with Gasteiger partial charge in [-0.3, -0.25) is 0 Å². The van der Waals surface area contributed by atoms with E-state index in [1.54, 1.807) is 17.5 Å². The van der Waals surface area contributed by atoms with Crippen LogP contribution in [0.2, 0.25) is 0 Å². The molecule has 3 N–H and O–H groups in total. The van der Waals surface area contributed by atoms with Crippen LogP contribution in [-0.2, 0) is 0 Å². The molecule has 0 fully saturated rings. The van der Waals surface area contributed by atoms with Gasteiger partial charge in [-0.2, -0.15) is 4.98 Å². The maximum Gasteiger partial charge on any atom is 0.221 e. The number of hydrogen-bond donors (Lipinski definition) is 2. The van der Waals surface area contributed by atoms with Gasteiger partial charge in [0.2, 0.25) is 5.95 Å². The fourth-order valence-corrected chi connectivity index (χ4v) is 2.53. The van der Waals surface area contributed by atoms with Gasteiger partial charge in [0.25, 0.3) is 0 Å². The monoisotopic (exact) mass is 256 g/mol. The number of nitrogen functional groups attached to an aromatic ring is 1. The third kappa shape index (κ3) is 2.00. The van der Waals surface area contributed by atoms with E-state index in [2.05, 4.69) is 38.9 Å². The molecule has 90 valence electrons. The van der Waals surface area contributed by atoms with Crippen LogP contribution in [0, 0.1) is 6.92 Å². The Hall–Kier alpha value is -2.14. The SMILES string of the molecule is Cc1cnc(N)nc1Nc1ccc2sccc2c1. The van der Waals surface area contributed by atoms with Crippen molar-refractivity contribution in [3.8, 4) is 0 Å². The molecule has 0 unspecified atom stereocenters. The van der Waals surface area contributed by atoms with E-state index in [1.165, 1.54) is 10.1 Å². The number of benzene rings is 1. The summed E-state index contributed by atoms with van der Waals surface area (Å²) in [4.78, 5) is 8.14. The van der Waals surface area contributed by atoms with Crippen molar-refractivity contribution >= 4 is 38.9 Å². The average Bonchev–Trinajstić information content (AvgIpc) is 2.81.